The smallest absolute Gasteiger partial charge is 0.417 e. The van der Waals surface area contributed by atoms with Gasteiger partial charge >= 0.3 is 12.3 Å². The maximum absolute atomic E-state index is 12.6. The van der Waals surface area contributed by atoms with Crippen molar-refractivity contribution < 1.29 is 22.7 Å². The molecule has 0 bridgehead atoms. The van der Waals surface area contributed by atoms with Gasteiger partial charge in [0.05, 0.1) is 16.6 Å². The van der Waals surface area contributed by atoms with Crippen LogP contribution in [0, 0.1) is 0 Å². The van der Waals surface area contributed by atoms with E-state index in [0.717, 1.165) is 12.3 Å². The molecule has 0 unspecified atom stereocenters. The summed E-state index contributed by atoms with van der Waals surface area (Å²) < 4.78 is 42.8. The van der Waals surface area contributed by atoms with Crippen molar-refractivity contribution in [2.45, 2.75) is 38.6 Å². The third-order valence-corrected chi connectivity index (χ3v) is 3.33. The second kappa shape index (κ2) is 6.07. The fourth-order valence-electron chi connectivity index (χ4n) is 2.04. The highest BCUT2D eigenvalue weighted by atomic mass is 35.5. The lowest BCUT2D eigenvalue weighted by molar-refractivity contribution is -0.137. The number of aromatic nitrogens is 1. The topological polar surface area (TPSA) is 54.5 Å². The van der Waals surface area contributed by atoms with Gasteiger partial charge in [-0.2, -0.15) is 13.2 Å². The third-order valence-electron chi connectivity index (χ3n) is 3.05. The zero-order valence-electron chi connectivity index (χ0n) is 12.9. The van der Waals surface area contributed by atoms with Crippen molar-refractivity contribution in [1.29, 1.82) is 0 Å². The Balaban J connectivity index is 1.91. The maximum atomic E-state index is 12.6. The quantitative estimate of drug-likeness (QED) is 0.886. The molecule has 2 heterocycles. The van der Waals surface area contributed by atoms with Gasteiger partial charge in [-0.25, -0.2) is 9.78 Å². The van der Waals surface area contributed by atoms with Crippen LogP contribution in [0.3, 0.4) is 0 Å². The van der Waals surface area contributed by atoms with Gasteiger partial charge in [0.1, 0.15) is 11.4 Å². The number of alkyl carbamates (subject to hydrolysis) is 1. The van der Waals surface area contributed by atoms with Gasteiger partial charge in [0.25, 0.3) is 0 Å². The van der Waals surface area contributed by atoms with Crippen molar-refractivity contribution in [3.05, 3.63) is 22.8 Å². The second-order valence-corrected chi connectivity index (χ2v) is 6.68. The number of carbonyl (C=O) groups is 1. The average molecular weight is 352 g/mol. The maximum Gasteiger partial charge on any atom is 0.417 e. The zero-order chi connectivity index (χ0) is 17.4. The molecule has 0 aliphatic carbocycles. The number of pyridine rings is 1. The van der Waals surface area contributed by atoms with Crippen LogP contribution in [0.2, 0.25) is 5.02 Å². The van der Waals surface area contributed by atoms with Gasteiger partial charge in [-0.05, 0) is 26.8 Å². The number of hydrogen-bond acceptors (Lipinski definition) is 4. The molecular weight excluding hydrogens is 335 g/mol. The Kier molecular flexibility index (Phi) is 4.66. The number of anilines is 1. The summed E-state index contributed by atoms with van der Waals surface area (Å²) in [6, 6.07) is 0.684. The largest absolute Gasteiger partial charge is 0.444 e. The lowest BCUT2D eigenvalue weighted by atomic mass is 10.1. The predicted molar refractivity (Wildman–Crippen MR) is 79.6 cm³/mol. The van der Waals surface area contributed by atoms with E-state index in [4.69, 9.17) is 16.3 Å². The van der Waals surface area contributed by atoms with E-state index >= 15 is 0 Å². The molecular formula is C14H17ClF3N3O2. The molecule has 1 amide bonds. The second-order valence-electron chi connectivity index (χ2n) is 6.28. The molecule has 0 saturated carbocycles. The highest BCUT2D eigenvalue weighted by Gasteiger charge is 2.35. The summed E-state index contributed by atoms with van der Waals surface area (Å²) in [4.78, 5) is 17.1. The number of alkyl halides is 3. The summed E-state index contributed by atoms with van der Waals surface area (Å²) >= 11 is 5.87. The number of hydrogen-bond donors (Lipinski definition) is 1. The standard InChI is InChI=1S/C14H17ClF3N3O2/c1-13(2,3)23-12(22)20-9-6-21(7-9)11-10(15)4-8(5-19-11)14(16,17)18/h4-5,9H,6-7H2,1-3H3,(H,20,22). The van der Waals surface area contributed by atoms with Crippen LogP contribution in [0.4, 0.5) is 23.8 Å². The first kappa shape index (κ1) is 17.7. The fourth-order valence-corrected chi connectivity index (χ4v) is 2.32. The summed E-state index contributed by atoms with van der Waals surface area (Å²) in [5.41, 5.74) is -1.48. The first-order valence-electron chi connectivity index (χ1n) is 6.93. The van der Waals surface area contributed by atoms with Crippen LogP contribution < -0.4 is 10.2 Å². The Morgan fingerprint density at radius 2 is 2.00 bits per heavy atom. The van der Waals surface area contributed by atoms with Crippen LogP contribution in [0.15, 0.2) is 12.3 Å². The molecule has 1 aliphatic rings. The number of nitrogens with zero attached hydrogens (tertiary/aromatic N) is 2. The molecule has 0 radical (unpaired) electrons. The van der Waals surface area contributed by atoms with E-state index in [1.807, 2.05) is 0 Å². The molecule has 1 fully saturated rings. The van der Waals surface area contributed by atoms with Crippen LogP contribution in [-0.4, -0.2) is 35.8 Å². The fraction of sp³-hybridized carbons (Fsp3) is 0.571. The number of carbonyl (C=O) groups excluding carboxylic acids is 1. The van der Waals surface area contributed by atoms with E-state index in [-0.39, 0.29) is 16.9 Å². The van der Waals surface area contributed by atoms with Crippen LogP contribution in [0.25, 0.3) is 0 Å². The van der Waals surface area contributed by atoms with Crippen LogP contribution in [0.1, 0.15) is 26.3 Å². The van der Waals surface area contributed by atoms with E-state index < -0.39 is 23.4 Å². The van der Waals surface area contributed by atoms with Crippen molar-refractivity contribution in [2.75, 3.05) is 18.0 Å². The Labute approximate surface area is 136 Å². The predicted octanol–water partition coefficient (Wildman–Crippen LogP) is 3.47. The van der Waals surface area contributed by atoms with Crippen molar-refractivity contribution in [3.8, 4) is 0 Å². The first-order valence-corrected chi connectivity index (χ1v) is 7.31. The van der Waals surface area contributed by atoms with Gasteiger partial charge < -0.3 is 15.0 Å². The van der Waals surface area contributed by atoms with Crippen molar-refractivity contribution >= 4 is 23.5 Å². The lowest BCUT2D eigenvalue weighted by Gasteiger charge is -2.40. The summed E-state index contributed by atoms with van der Waals surface area (Å²) in [5.74, 6) is 0.266. The average Bonchev–Trinajstić information content (AvgIpc) is 2.30. The minimum absolute atomic E-state index is 0.0736. The van der Waals surface area contributed by atoms with E-state index in [1.54, 1.807) is 25.7 Å². The number of ether oxygens (including phenoxy) is 1. The monoisotopic (exact) mass is 351 g/mol. The highest BCUT2D eigenvalue weighted by molar-refractivity contribution is 6.33. The lowest BCUT2D eigenvalue weighted by Crippen LogP contribution is -2.60. The Bertz CT molecular complexity index is 596. The molecule has 0 spiro atoms. The summed E-state index contributed by atoms with van der Waals surface area (Å²) in [6.07, 6.45) is -4.27. The van der Waals surface area contributed by atoms with E-state index in [0.29, 0.717) is 13.1 Å². The van der Waals surface area contributed by atoms with Gasteiger partial charge in [-0.15, -0.1) is 0 Å². The first-order chi connectivity index (χ1) is 10.5. The van der Waals surface area contributed by atoms with Crippen molar-refractivity contribution in [2.24, 2.45) is 0 Å². The van der Waals surface area contributed by atoms with E-state index in [1.165, 1.54) is 0 Å². The normalized spacial score (nSPS) is 16.0. The van der Waals surface area contributed by atoms with Gasteiger partial charge in [-0.1, -0.05) is 11.6 Å². The van der Waals surface area contributed by atoms with Crippen LogP contribution >= 0.6 is 11.6 Å². The van der Waals surface area contributed by atoms with Crippen LogP contribution in [0.5, 0.6) is 0 Å². The number of halogens is 4. The Morgan fingerprint density at radius 1 is 1.39 bits per heavy atom. The minimum atomic E-state index is -4.48. The molecule has 0 atom stereocenters. The molecule has 5 nitrogen and oxygen atoms in total. The van der Waals surface area contributed by atoms with Crippen LogP contribution in [-0.2, 0) is 10.9 Å². The molecule has 9 heteroatoms. The zero-order valence-corrected chi connectivity index (χ0v) is 13.6. The molecule has 1 aromatic heterocycles. The molecule has 23 heavy (non-hydrogen) atoms. The number of amides is 1. The molecule has 0 aromatic carbocycles. The van der Waals surface area contributed by atoms with E-state index in [9.17, 15) is 18.0 Å². The molecule has 1 aliphatic heterocycles. The summed E-state index contributed by atoms with van der Waals surface area (Å²) in [6.45, 7) is 6.07. The molecule has 128 valence electrons. The Hall–Kier alpha value is -1.70. The SMILES string of the molecule is CC(C)(C)OC(=O)NC1CN(c2ncc(C(F)(F)F)cc2Cl)C1. The third kappa shape index (κ3) is 4.63. The van der Waals surface area contributed by atoms with Crippen molar-refractivity contribution in [1.82, 2.24) is 10.3 Å². The molecule has 1 aromatic rings. The number of nitrogens with one attached hydrogen (secondary N) is 1. The molecule has 1 N–H and O–H groups in total. The van der Waals surface area contributed by atoms with Gasteiger partial charge in [-0.3, -0.25) is 0 Å². The van der Waals surface area contributed by atoms with Gasteiger partial charge in [0, 0.05) is 19.3 Å². The van der Waals surface area contributed by atoms with E-state index in [2.05, 4.69) is 10.3 Å². The van der Waals surface area contributed by atoms with Gasteiger partial charge in [0.2, 0.25) is 0 Å². The summed E-state index contributed by atoms with van der Waals surface area (Å²) in [5, 5.41) is 2.60. The van der Waals surface area contributed by atoms with Gasteiger partial charge in [0.15, 0.2) is 0 Å². The molecule has 2 rings (SSSR count). The minimum Gasteiger partial charge on any atom is -0.444 e. The van der Waals surface area contributed by atoms with Crippen molar-refractivity contribution in [3.63, 3.8) is 0 Å². The molecule has 1 saturated heterocycles. The Morgan fingerprint density at radius 3 is 2.48 bits per heavy atom. The highest BCUT2D eigenvalue weighted by Crippen LogP contribution is 2.34. The summed E-state index contributed by atoms with van der Waals surface area (Å²) in [7, 11) is 0. The number of rotatable bonds is 2.